The third kappa shape index (κ3) is 3.84. The lowest BCUT2D eigenvalue weighted by molar-refractivity contribution is -0.128. The smallest absolute Gasteiger partial charge is 0.212 e. The fourth-order valence-electron chi connectivity index (χ4n) is 7.21. The lowest BCUT2D eigenvalue weighted by Gasteiger charge is -2.38. The highest BCUT2D eigenvalue weighted by molar-refractivity contribution is 7.89. The summed E-state index contributed by atoms with van der Waals surface area (Å²) in [6.07, 6.45) is 4.67. The van der Waals surface area contributed by atoms with Crippen LogP contribution in [0, 0.1) is 23.7 Å². The van der Waals surface area contributed by atoms with Crippen LogP contribution >= 0.6 is 0 Å². The van der Waals surface area contributed by atoms with Gasteiger partial charge in [0.05, 0.1) is 5.75 Å². The molecule has 3 atom stereocenters. The number of likely N-dealkylation sites (N-methyl/N-ethyl adjacent to an activating group) is 1. The van der Waals surface area contributed by atoms with Crippen LogP contribution in [0.5, 0.6) is 0 Å². The summed E-state index contributed by atoms with van der Waals surface area (Å²) in [7, 11) is -1.40. The van der Waals surface area contributed by atoms with Crippen molar-refractivity contribution in [2.45, 2.75) is 65.3 Å². The zero-order valence-corrected chi connectivity index (χ0v) is 21.4. The zero-order chi connectivity index (χ0) is 23.6. The lowest BCUT2D eigenvalue weighted by atomic mass is 9.70. The largest absolute Gasteiger partial charge is 0.369 e. The van der Waals surface area contributed by atoms with E-state index >= 15 is 0 Å². The number of ketones is 1. The summed E-state index contributed by atoms with van der Waals surface area (Å²) in [5, 5.41) is 0. The van der Waals surface area contributed by atoms with Crippen LogP contribution in [0.25, 0.3) is 0 Å². The van der Waals surface area contributed by atoms with E-state index in [1.54, 1.807) is 0 Å². The number of Topliss-reactive ketones (excluding diaryl/α,β-unsaturated/α-hetero) is 1. The molecule has 182 valence electrons. The van der Waals surface area contributed by atoms with Crippen LogP contribution in [0.1, 0.15) is 56.2 Å². The molecule has 1 aromatic rings. The van der Waals surface area contributed by atoms with Crippen molar-refractivity contribution in [3.8, 4) is 0 Å². The number of fused-ring (bicyclic) bond motifs is 3. The zero-order valence-electron chi connectivity index (χ0n) is 20.6. The predicted molar refractivity (Wildman–Crippen MR) is 132 cm³/mol. The number of carbonyl (C=O) groups excluding carboxylic acids is 1. The number of sulfonamides is 1. The molecule has 33 heavy (non-hydrogen) atoms. The number of benzene rings is 1. The van der Waals surface area contributed by atoms with Gasteiger partial charge in [0, 0.05) is 49.7 Å². The normalized spacial score (nSPS) is 31.8. The van der Waals surface area contributed by atoms with E-state index in [4.69, 9.17) is 0 Å². The Labute approximate surface area is 199 Å². The first-order chi connectivity index (χ1) is 15.5. The van der Waals surface area contributed by atoms with E-state index in [1.807, 2.05) is 0 Å². The summed E-state index contributed by atoms with van der Waals surface area (Å²) in [5.74, 6) is 0.442. The Kier molecular flexibility index (Phi) is 5.69. The molecule has 1 heterocycles. The highest BCUT2D eigenvalue weighted by Crippen LogP contribution is 2.64. The number of rotatable bonds is 5. The van der Waals surface area contributed by atoms with E-state index in [0.29, 0.717) is 18.8 Å². The average Bonchev–Trinajstić information content (AvgIpc) is 3.08. The van der Waals surface area contributed by atoms with Gasteiger partial charge in [0.2, 0.25) is 10.0 Å². The number of anilines is 1. The Hall–Kier alpha value is -1.44. The second kappa shape index (κ2) is 8.06. The van der Waals surface area contributed by atoms with Crippen molar-refractivity contribution >= 4 is 21.5 Å². The number of carbonyl (C=O) groups is 1. The van der Waals surface area contributed by atoms with Gasteiger partial charge in [-0.15, -0.1) is 0 Å². The minimum absolute atomic E-state index is 0.0508. The molecule has 1 saturated heterocycles. The average molecular weight is 474 g/mol. The summed E-state index contributed by atoms with van der Waals surface area (Å²) in [6, 6.07) is 4.34. The monoisotopic (exact) mass is 473 g/mol. The summed E-state index contributed by atoms with van der Waals surface area (Å²) >= 11 is 0. The number of nitrogens with one attached hydrogen (secondary N) is 1. The molecule has 4 aliphatic rings. The lowest BCUT2D eigenvalue weighted by Crippen LogP contribution is -2.49. The molecule has 2 saturated carbocycles. The van der Waals surface area contributed by atoms with Crippen LogP contribution in [0.15, 0.2) is 12.1 Å². The summed E-state index contributed by atoms with van der Waals surface area (Å²) in [6.45, 7) is 10.5. The Bertz CT molecular complexity index is 1060. The van der Waals surface area contributed by atoms with Crippen LogP contribution in [-0.4, -0.2) is 64.1 Å². The highest BCUT2D eigenvalue weighted by Gasteiger charge is 2.65. The Balaban J connectivity index is 1.35. The van der Waals surface area contributed by atoms with E-state index in [2.05, 4.69) is 54.5 Å². The van der Waals surface area contributed by atoms with Crippen LogP contribution in [0.2, 0.25) is 0 Å². The van der Waals surface area contributed by atoms with Gasteiger partial charge in [-0.25, -0.2) is 13.1 Å². The van der Waals surface area contributed by atoms with Crippen molar-refractivity contribution in [1.82, 2.24) is 9.62 Å². The van der Waals surface area contributed by atoms with Crippen molar-refractivity contribution in [3.63, 3.8) is 0 Å². The van der Waals surface area contributed by atoms with Crippen LogP contribution in [0.3, 0.4) is 0 Å². The molecule has 1 aromatic carbocycles. The maximum absolute atomic E-state index is 13.4. The number of hydrogen-bond donors (Lipinski definition) is 1. The van der Waals surface area contributed by atoms with Gasteiger partial charge in [-0.1, -0.05) is 19.9 Å². The Morgan fingerprint density at radius 3 is 2.42 bits per heavy atom. The SMILES string of the molecule is Cc1ccc(N2CCN(C)CC2)c2c1CC[C@@H](NS(=O)(=O)C[C@@]13CC[C@@H](CC1=O)C3(C)C)C2. The first-order valence-corrected chi connectivity index (χ1v) is 14.3. The Morgan fingerprint density at radius 1 is 1.06 bits per heavy atom. The molecular formula is C26H39N3O3S. The van der Waals surface area contributed by atoms with Crippen molar-refractivity contribution in [2.24, 2.45) is 16.7 Å². The van der Waals surface area contributed by atoms with Crippen molar-refractivity contribution in [1.29, 1.82) is 0 Å². The van der Waals surface area contributed by atoms with Crippen molar-refractivity contribution < 1.29 is 13.2 Å². The van der Waals surface area contributed by atoms with E-state index in [0.717, 1.165) is 51.9 Å². The molecule has 0 radical (unpaired) electrons. The molecule has 1 aliphatic heterocycles. The minimum Gasteiger partial charge on any atom is -0.369 e. The van der Waals surface area contributed by atoms with Crippen LogP contribution in [0.4, 0.5) is 5.69 Å². The molecule has 0 amide bonds. The maximum atomic E-state index is 13.4. The van der Waals surface area contributed by atoms with Gasteiger partial charge in [-0.3, -0.25) is 4.79 Å². The second-order valence-electron chi connectivity index (χ2n) is 11.6. The van der Waals surface area contributed by atoms with Gasteiger partial charge < -0.3 is 9.80 Å². The molecular weight excluding hydrogens is 434 g/mol. The minimum atomic E-state index is -3.56. The predicted octanol–water partition coefficient (Wildman–Crippen LogP) is 2.92. The molecule has 7 heteroatoms. The van der Waals surface area contributed by atoms with Gasteiger partial charge >= 0.3 is 0 Å². The summed E-state index contributed by atoms with van der Waals surface area (Å²) < 4.78 is 29.8. The third-order valence-electron chi connectivity index (χ3n) is 9.60. The number of hydrogen-bond acceptors (Lipinski definition) is 5. The number of aryl methyl sites for hydroxylation is 1. The third-order valence-corrected chi connectivity index (χ3v) is 11.2. The first-order valence-electron chi connectivity index (χ1n) is 12.6. The van der Waals surface area contributed by atoms with Crippen LogP contribution < -0.4 is 9.62 Å². The van der Waals surface area contributed by atoms with Gasteiger partial charge in [0.15, 0.2) is 0 Å². The van der Waals surface area contributed by atoms with E-state index < -0.39 is 15.4 Å². The Morgan fingerprint density at radius 2 is 1.79 bits per heavy atom. The second-order valence-corrected chi connectivity index (χ2v) is 13.4. The quantitative estimate of drug-likeness (QED) is 0.712. The van der Waals surface area contributed by atoms with Gasteiger partial charge in [0.25, 0.3) is 0 Å². The first kappa shape index (κ1) is 23.3. The summed E-state index contributed by atoms with van der Waals surface area (Å²) in [4.78, 5) is 17.7. The van der Waals surface area contributed by atoms with E-state index in [9.17, 15) is 13.2 Å². The molecule has 0 unspecified atom stereocenters. The summed E-state index contributed by atoms with van der Waals surface area (Å²) in [5.41, 5.74) is 4.35. The highest BCUT2D eigenvalue weighted by atomic mass is 32.2. The molecule has 5 rings (SSSR count). The molecule has 3 aliphatic carbocycles. The van der Waals surface area contributed by atoms with Gasteiger partial charge in [0.1, 0.15) is 5.78 Å². The maximum Gasteiger partial charge on any atom is 0.212 e. The molecule has 1 N–H and O–H groups in total. The standard InChI is InChI=1S/C26H39N3O3S/c1-18-5-8-23(29-13-11-28(4)12-14-29)22-16-20(6-7-21(18)22)27-33(31,32)17-26-10-9-19(15-24(26)30)25(26,2)3/h5,8,19-20,27H,6-7,9-17H2,1-4H3/t19-,20+,26-/m0/s1. The molecule has 2 bridgehead atoms. The number of piperazine rings is 1. The van der Waals surface area contributed by atoms with Gasteiger partial charge in [-0.05, 0) is 80.2 Å². The van der Waals surface area contributed by atoms with Crippen molar-refractivity contribution in [2.75, 3.05) is 43.9 Å². The molecule has 6 nitrogen and oxygen atoms in total. The molecule has 0 aromatic heterocycles. The fraction of sp³-hybridized carbons (Fsp3) is 0.731. The van der Waals surface area contributed by atoms with E-state index in [-0.39, 0.29) is 23.0 Å². The van der Waals surface area contributed by atoms with Crippen molar-refractivity contribution in [3.05, 3.63) is 28.8 Å². The molecule has 3 fully saturated rings. The fourth-order valence-corrected chi connectivity index (χ4v) is 9.33. The number of nitrogens with zero attached hydrogens (tertiary/aromatic N) is 2. The topological polar surface area (TPSA) is 69.7 Å². The van der Waals surface area contributed by atoms with Gasteiger partial charge in [-0.2, -0.15) is 0 Å². The molecule has 0 spiro atoms. The van der Waals surface area contributed by atoms with Crippen LogP contribution in [-0.2, 0) is 27.7 Å². The van der Waals surface area contributed by atoms with E-state index in [1.165, 1.54) is 22.4 Å².